The SMILES string of the molecule is CCNS(=O)(=O)c1ccc(CNC(=O)N2CCC(C)(C(=O)O)C2)cc1. The molecule has 0 aliphatic carbocycles. The molecule has 0 radical (unpaired) electrons. The van der Waals surface area contributed by atoms with E-state index in [0.29, 0.717) is 19.5 Å². The standard InChI is InChI=1S/C16H23N3O5S/c1-3-18-25(23,24)13-6-4-12(5-7-13)10-17-15(22)19-9-8-16(2,11-19)14(20)21/h4-7,18H,3,8-11H2,1-2H3,(H,17,22)(H,20,21). The summed E-state index contributed by atoms with van der Waals surface area (Å²) >= 11 is 0. The molecular formula is C16H23N3O5S. The van der Waals surface area contributed by atoms with Gasteiger partial charge in [0, 0.05) is 26.2 Å². The minimum Gasteiger partial charge on any atom is -0.481 e. The van der Waals surface area contributed by atoms with Gasteiger partial charge in [-0.3, -0.25) is 4.79 Å². The van der Waals surface area contributed by atoms with Crippen LogP contribution in [0.3, 0.4) is 0 Å². The Labute approximate surface area is 147 Å². The van der Waals surface area contributed by atoms with E-state index in [0.717, 1.165) is 5.56 Å². The average molecular weight is 369 g/mol. The Morgan fingerprint density at radius 1 is 1.28 bits per heavy atom. The quantitative estimate of drug-likeness (QED) is 0.692. The largest absolute Gasteiger partial charge is 0.481 e. The average Bonchev–Trinajstić information content (AvgIpc) is 2.97. The van der Waals surface area contributed by atoms with Crippen molar-refractivity contribution in [1.82, 2.24) is 14.9 Å². The number of benzene rings is 1. The Morgan fingerprint density at radius 3 is 2.44 bits per heavy atom. The van der Waals surface area contributed by atoms with Gasteiger partial charge in [-0.2, -0.15) is 0 Å². The highest BCUT2D eigenvalue weighted by Crippen LogP contribution is 2.29. The smallest absolute Gasteiger partial charge is 0.317 e. The van der Waals surface area contributed by atoms with Crippen LogP contribution in [0.15, 0.2) is 29.2 Å². The van der Waals surface area contributed by atoms with E-state index in [1.807, 2.05) is 0 Å². The van der Waals surface area contributed by atoms with Crippen molar-refractivity contribution in [2.24, 2.45) is 5.41 Å². The normalized spacial score (nSPS) is 20.5. The van der Waals surface area contributed by atoms with Crippen LogP contribution < -0.4 is 10.0 Å². The Morgan fingerprint density at radius 2 is 1.92 bits per heavy atom. The lowest BCUT2D eigenvalue weighted by atomic mass is 9.90. The molecule has 9 heteroatoms. The number of carboxylic acids is 1. The van der Waals surface area contributed by atoms with E-state index in [1.165, 1.54) is 17.0 Å². The van der Waals surface area contributed by atoms with Crippen molar-refractivity contribution in [2.45, 2.75) is 31.7 Å². The number of aliphatic carboxylic acids is 1. The summed E-state index contributed by atoms with van der Waals surface area (Å²) in [4.78, 5) is 25.0. The van der Waals surface area contributed by atoms with Gasteiger partial charge in [0.2, 0.25) is 10.0 Å². The number of nitrogens with one attached hydrogen (secondary N) is 2. The second-order valence-electron chi connectivity index (χ2n) is 6.34. The zero-order valence-corrected chi connectivity index (χ0v) is 15.1. The molecule has 1 aromatic rings. The molecule has 1 aliphatic rings. The monoisotopic (exact) mass is 369 g/mol. The Balaban J connectivity index is 1.92. The van der Waals surface area contributed by atoms with Gasteiger partial charge in [0.15, 0.2) is 0 Å². The minimum atomic E-state index is -3.49. The van der Waals surface area contributed by atoms with Gasteiger partial charge in [-0.05, 0) is 31.0 Å². The van der Waals surface area contributed by atoms with Crippen molar-refractivity contribution in [3.8, 4) is 0 Å². The highest BCUT2D eigenvalue weighted by molar-refractivity contribution is 7.89. The lowest BCUT2D eigenvalue weighted by molar-refractivity contribution is -0.147. The molecule has 1 aromatic carbocycles. The Hall–Kier alpha value is -2.13. The summed E-state index contributed by atoms with van der Waals surface area (Å²) < 4.78 is 26.1. The van der Waals surface area contributed by atoms with Gasteiger partial charge in [0.05, 0.1) is 10.3 Å². The second-order valence-corrected chi connectivity index (χ2v) is 8.11. The third kappa shape index (κ3) is 4.49. The van der Waals surface area contributed by atoms with Crippen molar-refractivity contribution >= 4 is 22.0 Å². The van der Waals surface area contributed by atoms with Crippen LogP contribution in [0, 0.1) is 5.41 Å². The number of rotatable bonds is 6. The van der Waals surface area contributed by atoms with Crippen LogP contribution in [-0.2, 0) is 21.4 Å². The number of urea groups is 1. The van der Waals surface area contributed by atoms with Gasteiger partial charge in [-0.25, -0.2) is 17.9 Å². The molecule has 1 fully saturated rings. The lowest BCUT2D eigenvalue weighted by Gasteiger charge is -2.20. The van der Waals surface area contributed by atoms with Gasteiger partial charge in [-0.1, -0.05) is 19.1 Å². The molecule has 0 aromatic heterocycles. The maximum atomic E-state index is 12.2. The number of nitrogens with zero attached hydrogens (tertiary/aromatic N) is 1. The molecule has 0 bridgehead atoms. The number of hydrogen-bond acceptors (Lipinski definition) is 4. The van der Waals surface area contributed by atoms with E-state index in [1.54, 1.807) is 26.0 Å². The minimum absolute atomic E-state index is 0.168. The third-order valence-electron chi connectivity index (χ3n) is 4.29. The summed E-state index contributed by atoms with van der Waals surface area (Å²) in [5.74, 6) is -0.903. The lowest BCUT2D eigenvalue weighted by Crippen LogP contribution is -2.40. The summed E-state index contributed by atoms with van der Waals surface area (Å²) in [5.41, 5.74) is -0.149. The maximum Gasteiger partial charge on any atom is 0.317 e. The number of carbonyl (C=O) groups excluding carboxylic acids is 1. The molecule has 1 unspecified atom stereocenters. The first kappa shape index (κ1) is 19.2. The van der Waals surface area contributed by atoms with Gasteiger partial charge in [-0.15, -0.1) is 0 Å². The van der Waals surface area contributed by atoms with E-state index < -0.39 is 21.4 Å². The predicted octanol–water partition coefficient (Wildman–Crippen LogP) is 0.991. The van der Waals surface area contributed by atoms with Crippen LogP contribution in [0.5, 0.6) is 0 Å². The first-order valence-electron chi connectivity index (χ1n) is 8.03. The molecule has 1 heterocycles. The van der Waals surface area contributed by atoms with Crippen LogP contribution in [0.2, 0.25) is 0 Å². The topological polar surface area (TPSA) is 116 Å². The van der Waals surface area contributed by atoms with E-state index in [-0.39, 0.29) is 24.0 Å². The third-order valence-corrected chi connectivity index (χ3v) is 5.85. The summed E-state index contributed by atoms with van der Waals surface area (Å²) in [6.45, 7) is 4.45. The fourth-order valence-electron chi connectivity index (χ4n) is 2.66. The number of amides is 2. The fraction of sp³-hybridized carbons (Fsp3) is 0.500. The van der Waals surface area contributed by atoms with E-state index in [2.05, 4.69) is 10.0 Å². The number of hydrogen-bond donors (Lipinski definition) is 3. The highest BCUT2D eigenvalue weighted by Gasteiger charge is 2.42. The number of carbonyl (C=O) groups is 2. The number of sulfonamides is 1. The zero-order valence-electron chi connectivity index (χ0n) is 14.3. The first-order chi connectivity index (χ1) is 11.7. The van der Waals surface area contributed by atoms with Crippen molar-refractivity contribution in [2.75, 3.05) is 19.6 Å². The molecule has 0 saturated carbocycles. The summed E-state index contributed by atoms with van der Waals surface area (Å²) in [6.07, 6.45) is 0.423. The maximum absolute atomic E-state index is 12.2. The van der Waals surface area contributed by atoms with Gasteiger partial charge in [0.25, 0.3) is 0 Å². The summed E-state index contributed by atoms with van der Waals surface area (Å²) in [7, 11) is -3.49. The summed E-state index contributed by atoms with van der Waals surface area (Å²) in [5, 5.41) is 11.9. The molecule has 3 N–H and O–H groups in total. The van der Waals surface area contributed by atoms with Gasteiger partial charge >= 0.3 is 12.0 Å². The molecule has 138 valence electrons. The van der Waals surface area contributed by atoms with Crippen molar-refractivity contribution < 1.29 is 23.1 Å². The Kier molecular flexibility index (Phi) is 5.69. The number of carboxylic acid groups (broad SMARTS) is 1. The van der Waals surface area contributed by atoms with Gasteiger partial charge in [0.1, 0.15) is 0 Å². The van der Waals surface area contributed by atoms with E-state index in [4.69, 9.17) is 0 Å². The molecule has 2 amide bonds. The predicted molar refractivity (Wildman–Crippen MR) is 91.5 cm³/mol. The van der Waals surface area contributed by atoms with Crippen LogP contribution >= 0.6 is 0 Å². The van der Waals surface area contributed by atoms with Crippen molar-refractivity contribution in [1.29, 1.82) is 0 Å². The molecular weight excluding hydrogens is 346 g/mol. The molecule has 1 aliphatic heterocycles. The van der Waals surface area contributed by atoms with Crippen molar-refractivity contribution in [3.05, 3.63) is 29.8 Å². The van der Waals surface area contributed by atoms with Crippen LogP contribution in [-0.4, -0.2) is 50.1 Å². The van der Waals surface area contributed by atoms with Crippen LogP contribution in [0.1, 0.15) is 25.8 Å². The van der Waals surface area contributed by atoms with E-state index in [9.17, 15) is 23.1 Å². The van der Waals surface area contributed by atoms with Crippen molar-refractivity contribution in [3.63, 3.8) is 0 Å². The first-order valence-corrected chi connectivity index (χ1v) is 9.51. The highest BCUT2D eigenvalue weighted by atomic mass is 32.2. The van der Waals surface area contributed by atoms with Crippen LogP contribution in [0.4, 0.5) is 4.79 Å². The molecule has 8 nitrogen and oxygen atoms in total. The summed E-state index contributed by atoms with van der Waals surface area (Å²) in [6, 6.07) is 5.91. The molecule has 25 heavy (non-hydrogen) atoms. The molecule has 1 saturated heterocycles. The molecule has 2 rings (SSSR count). The van der Waals surface area contributed by atoms with Crippen LogP contribution in [0.25, 0.3) is 0 Å². The number of likely N-dealkylation sites (tertiary alicyclic amines) is 1. The van der Waals surface area contributed by atoms with Gasteiger partial charge < -0.3 is 15.3 Å². The van der Waals surface area contributed by atoms with E-state index >= 15 is 0 Å². The fourth-order valence-corrected chi connectivity index (χ4v) is 3.70. The molecule has 1 atom stereocenters. The Bertz CT molecular complexity index is 748. The second kappa shape index (κ2) is 7.40. The zero-order chi connectivity index (χ0) is 18.7. The molecule has 0 spiro atoms.